The highest BCUT2D eigenvalue weighted by molar-refractivity contribution is 5.86. The van der Waals surface area contributed by atoms with E-state index < -0.39 is 11.5 Å². The summed E-state index contributed by atoms with van der Waals surface area (Å²) in [6.07, 6.45) is 2.53. The summed E-state index contributed by atoms with van der Waals surface area (Å²) in [7, 11) is 0. The molecule has 2 fully saturated rings. The second kappa shape index (κ2) is 5.60. The first-order valence-corrected chi connectivity index (χ1v) is 7.36. The SMILES string of the molecule is CCCC(C)(NC(=O)N1CC2CCC(O)C2C1)C(=O)O. The Morgan fingerprint density at radius 2 is 2.05 bits per heavy atom. The number of carboxylic acids is 1. The van der Waals surface area contributed by atoms with Gasteiger partial charge in [0, 0.05) is 19.0 Å². The van der Waals surface area contributed by atoms with Crippen LogP contribution in [0.15, 0.2) is 0 Å². The number of carbonyl (C=O) groups excluding carboxylic acids is 1. The molecule has 0 aromatic rings. The molecule has 1 aliphatic heterocycles. The van der Waals surface area contributed by atoms with Gasteiger partial charge in [0.2, 0.25) is 0 Å². The van der Waals surface area contributed by atoms with Gasteiger partial charge in [0.05, 0.1) is 6.10 Å². The molecular formula is C14H24N2O4. The van der Waals surface area contributed by atoms with Crippen LogP contribution in [0.2, 0.25) is 0 Å². The van der Waals surface area contributed by atoms with E-state index >= 15 is 0 Å². The molecular weight excluding hydrogens is 260 g/mol. The lowest BCUT2D eigenvalue weighted by atomic mass is 9.96. The Hall–Kier alpha value is -1.30. The van der Waals surface area contributed by atoms with Crippen LogP contribution in [0.5, 0.6) is 0 Å². The number of carbonyl (C=O) groups is 2. The standard InChI is InChI=1S/C14H24N2O4/c1-3-6-14(2,12(18)19)15-13(20)16-7-9-4-5-11(17)10(9)8-16/h9-11,17H,3-8H2,1-2H3,(H,15,20)(H,18,19). The Kier molecular flexibility index (Phi) is 4.22. The topological polar surface area (TPSA) is 89.9 Å². The maximum absolute atomic E-state index is 12.2. The minimum Gasteiger partial charge on any atom is -0.480 e. The van der Waals surface area contributed by atoms with Crippen molar-refractivity contribution >= 4 is 12.0 Å². The smallest absolute Gasteiger partial charge is 0.329 e. The number of urea groups is 1. The summed E-state index contributed by atoms with van der Waals surface area (Å²) in [5.41, 5.74) is -1.22. The van der Waals surface area contributed by atoms with Crippen molar-refractivity contribution in [3.63, 3.8) is 0 Å². The summed E-state index contributed by atoms with van der Waals surface area (Å²) < 4.78 is 0. The third-order valence-corrected chi connectivity index (χ3v) is 4.71. The lowest BCUT2D eigenvalue weighted by Crippen LogP contribution is -2.55. The van der Waals surface area contributed by atoms with Crippen LogP contribution in [-0.2, 0) is 4.79 Å². The molecule has 0 aromatic carbocycles. The van der Waals surface area contributed by atoms with Gasteiger partial charge >= 0.3 is 12.0 Å². The third-order valence-electron chi connectivity index (χ3n) is 4.71. The zero-order chi connectivity index (χ0) is 14.9. The minimum absolute atomic E-state index is 0.156. The molecule has 1 saturated carbocycles. The van der Waals surface area contributed by atoms with E-state index in [1.165, 1.54) is 0 Å². The van der Waals surface area contributed by atoms with E-state index in [1.54, 1.807) is 11.8 Å². The second-order valence-corrected chi connectivity index (χ2v) is 6.29. The maximum Gasteiger partial charge on any atom is 0.329 e. The van der Waals surface area contributed by atoms with Gasteiger partial charge in [-0.25, -0.2) is 9.59 Å². The van der Waals surface area contributed by atoms with Crippen molar-refractivity contribution in [3.8, 4) is 0 Å². The van der Waals surface area contributed by atoms with E-state index in [2.05, 4.69) is 5.32 Å². The van der Waals surface area contributed by atoms with Crippen molar-refractivity contribution in [2.75, 3.05) is 13.1 Å². The Bertz CT molecular complexity index is 401. The van der Waals surface area contributed by atoms with Crippen LogP contribution in [0.1, 0.15) is 39.5 Å². The molecule has 1 saturated heterocycles. The molecule has 2 rings (SSSR count). The molecule has 4 atom stereocenters. The number of aliphatic carboxylic acids is 1. The van der Waals surface area contributed by atoms with Gasteiger partial charge < -0.3 is 20.4 Å². The van der Waals surface area contributed by atoms with Crippen molar-refractivity contribution in [2.24, 2.45) is 11.8 Å². The van der Waals surface area contributed by atoms with Crippen molar-refractivity contribution in [1.29, 1.82) is 0 Å². The van der Waals surface area contributed by atoms with Crippen LogP contribution in [0.3, 0.4) is 0 Å². The summed E-state index contributed by atoms with van der Waals surface area (Å²) in [5.74, 6) is -0.492. The van der Waals surface area contributed by atoms with E-state index in [0.717, 1.165) is 12.8 Å². The summed E-state index contributed by atoms with van der Waals surface area (Å²) >= 11 is 0. The van der Waals surface area contributed by atoms with Crippen LogP contribution in [0.4, 0.5) is 4.79 Å². The molecule has 6 heteroatoms. The molecule has 1 aliphatic carbocycles. The molecule has 0 aromatic heterocycles. The maximum atomic E-state index is 12.2. The first-order valence-electron chi connectivity index (χ1n) is 7.36. The van der Waals surface area contributed by atoms with E-state index in [0.29, 0.717) is 31.8 Å². The predicted molar refractivity (Wildman–Crippen MR) is 73.3 cm³/mol. The fourth-order valence-corrected chi connectivity index (χ4v) is 3.44. The number of likely N-dealkylation sites (tertiary alicyclic amines) is 1. The van der Waals surface area contributed by atoms with Gasteiger partial charge in [0.25, 0.3) is 0 Å². The number of hydrogen-bond acceptors (Lipinski definition) is 3. The van der Waals surface area contributed by atoms with E-state index in [1.807, 2.05) is 6.92 Å². The van der Waals surface area contributed by atoms with E-state index in [-0.39, 0.29) is 18.1 Å². The van der Waals surface area contributed by atoms with Crippen LogP contribution in [-0.4, -0.2) is 51.8 Å². The van der Waals surface area contributed by atoms with Crippen molar-refractivity contribution in [2.45, 2.75) is 51.2 Å². The number of fused-ring (bicyclic) bond motifs is 1. The number of amides is 2. The Morgan fingerprint density at radius 1 is 1.35 bits per heavy atom. The highest BCUT2D eigenvalue weighted by Gasteiger charge is 2.44. The van der Waals surface area contributed by atoms with Gasteiger partial charge in [-0.05, 0) is 32.1 Å². The zero-order valence-corrected chi connectivity index (χ0v) is 12.1. The summed E-state index contributed by atoms with van der Waals surface area (Å²) in [4.78, 5) is 25.2. The number of nitrogens with zero attached hydrogens (tertiary/aromatic N) is 1. The number of rotatable bonds is 4. The van der Waals surface area contributed by atoms with E-state index in [4.69, 9.17) is 0 Å². The van der Waals surface area contributed by atoms with Crippen LogP contribution in [0, 0.1) is 11.8 Å². The number of carboxylic acid groups (broad SMARTS) is 1. The first kappa shape index (κ1) is 15.1. The second-order valence-electron chi connectivity index (χ2n) is 6.29. The molecule has 2 amide bonds. The van der Waals surface area contributed by atoms with Gasteiger partial charge in [-0.1, -0.05) is 13.3 Å². The Morgan fingerprint density at radius 3 is 2.60 bits per heavy atom. The molecule has 0 bridgehead atoms. The molecule has 6 nitrogen and oxygen atoms in total. The van der Waals surface area contributed by atoms with Crippen molar-refractivity contribution < 1.29 is 19.8 Å². The average Bonchev–Trinajstić information content (AvgIpc) is 2.92. The summed E-state index contributed by atoms with van der Waals surface area (Å²) in [6, 6.07) is -0.329. The Balaban J connectivity index is 1.97. The number of nitrogens with one attached hydrogen (secondary N) is 1. The van der Waals surface area contributed by atoms with Crippen LogP contribution < -0.4 is 5.32 Å². The molecule has 2 aliphatic rings. The van der Waals surface area contributed by atoms with Crippen molar-refractivity contribution in [3.05, 3.63) is 0 Å². The van der Waals surface area contributed by atoms with Gasteiger partial charge in [-0.15, -0.1) is 0 Å². The molecule has 20 heavy (non-hydrogen) atoms. The highest BCUT2D eigenvalue weighted by atomic mass is 16.4. The average molecular weight is 284 g/mol. The quantitative estimate of drug-likeness (QED) is 0.719. The first-order chi connectivity index (χ1) is 9.37. The fraction of sp³-hybridized carbons (Fsp3) is 0.857. The minimum atomic E-state index is -1.22. The number of aliphatic hydroxyl groups is 1. The molecule has 3 N–H and O–H groups in total. The Labute approximate surface area is 119 Å². The molecule has 4 unspecified atom stereocenters. The zero-order valence-electron chi connectivity index (χ0n) is 12.1. The monoisotopic (exact) mass is 284 g/mol. The fourth-order valence-electron chi connectivity index (χ4n) is 3.44. The van der Waals surface area contributed by atoms with Gasteiger partial charge in [-0.2, -0.15) is 0 Å². The van der Waals surface area contributed by atoms with Crippen molar-refractivity contribution in [1.82, 2.24) is 10.2 Å². The van der Waals surface area contributed by atoms with E-state index in [9.17, 15) is 19.8 Å². The number of hydrogen-bond donors (Lipinski definition) is 3. The number of aliphatic hydroxyl groups excluding tert-OH is 1. The lowest BCUT2D eigenvalue weighted by molar-refractivity contribution is -0.144. The van der Waals surface area contributed by atoms with Gasteiger partial charge in [0.1, 0.15) is 5.54 Å². The summed E-state index contributed by atoms with van der Waals surface area (Å²) in [5, 5.41) is 21.8. The van der Waals surface area contributed by atoms with Gasteiger partial charge in [0.15, 0.2) is 0 Å². The van der Waals surface area contributed by atoms with Crippen LogP contribution >= 0.6 is 0 Å². The molecule has 1 heterocycles. The normalized spacial score (nSPS) is 31.8. The largest absolute Gasteiger partial charge is 0.480 e. The lowest BCUT2D eigenvalue weighted by Gasteiger charge is -2.29. The van der Waals surface area contributed by atoms with Crippen LogP contribution in [0.25, 0.3) is 0 Å². The highest BCUT2D eigenvalue weighted by Crippen LogP contribution is 2.38. The molecule has 0 spiro atoms. The molecule has 114 valence electrons. The molecule has 0 radical (unpaired) electrons. The van der Waals surface area contributed by atoms with Gasteiger partial charge in [-0.3, -0.25) is 0 Å². The predicted octanol–water partition coefficient (Wildman–Crippen LogP) is 1.04. The third kappa shape index (κ3) is 2.75. The summed E-state index contributed by atoms with van der Waals surface area (Å²) in [6.45, 7) is 4.58.